The fraction of sp³-hybridized carbons (Fsp3) is 0.875. The Balaban J connectivity index is 2.76. The lowest BCUT2D eigenvalue weighted by atomic mass is 9.79. The Morgan fingerprint density at radius 2 is 1.81 bits per heavy atom. The van der Waals surface area contributed by atoms with Crippen LogP contribution in [-0.2, 0) is 14.3 Å². The largest absolute Gasteiger partial charge is 0.465 e. The van der Waals surface area contributed by atoms with Gasteiger partial charge in [-0.3, -0.25) is 9.59 Å². The number of ether oxygens (including phenoxy) is 1. The molecule has 21 heavy (non-hydrogen) atoms. The van der Waals surface area contributed by atoms with Crippen molar-refractivity contribution in [1.29, 1.82) is 0 Å². The maximum absolute atomic E-state index is 12.7. The van der Waals surface area contributed by atoms with E-state index in [0.29, 0.717) is 13.1 Å². The highest BCUT2D eigenvalue weighted by Crippen LogP contribution is 2.31. The quantitative estimate of drug-likeness (QED) is 0.635. The highest BCUT2D eigenvalue weighted by Gasteiger charge is 2.42. The topological polar surface area (TPSA) is 66.8 Å². The fourth-order valence-electron chi connectivity index (χ4n) is 2.84. The maximum atomic E-state index is 12.7. The number of carbonyl (C=O) groups is 2. The lowest BCUT2D eigenvalue weighted by Crippen LogP contribution is -2.49. The number of carbonyl (C=O) groups excluding carboxylic acids is 2. The van der Waals surface area contributed by atoms with Gasteiger partial charge in [0.15, 0.2) is 0 Å². The predicted molar refractivity (Wildman–Crippen MR) is 80.6 cm³/mol. The number of rotatable bonds is 4. The fourth-order valence-corrected chi connectivity index (χ4v) is 2.84. The lowest BCUT2D eigenvalue weighted by molar-refractivity contribution is -0.161. The van der Waals surface area contributed by atoms with Crippen molar-refractivity contribution in [2.24, 2.45) is 17.3 Å². The van der Waals surface area contributed by atoms with E-state index in [4.69, 9.17) is 4.74 Å². The molecule has 0 aromatic rings. The van der Waals surface area contributed by atoms with Crippen molar-refractivity contribution in [2.75, 3.05) is 19.7 Å². The number of piperidine rings is 1. The average Bonchev–Trinajstić information content (AvgIpc) is 2.37. The third kappa shape index (κ3) is 4.70. The van der Waals surface area contributed by atoms with Gasteiger partial charge in [0.1, 0.15) is 5.92 Å². The zero-order chi connectivity index (χ0) is 16.2. The number of hydrogen-bond acceptors (Lipinski definition) is 4. The van der Waals surface area contributed by atoms with Gasteiger partial charge >= 0.3 is 5.97 Å². The van der Waals surface area contributed by atoms with Crippen LogP contribution in [0.5, 0.6) is 0 Å². The summed E-state index contributed by atoms with van der Waals surface area (Å²) in [6.07, 6.45) is 1.22. The molecule has 5 heteroatoms. The Morgan fingerprint density at radius 3 is 2.19 bits per heavy atom. The van der Waals surface area contributed by atoms with Gasteiger partial charge in [-0.05, 0) is 38.0 Å². The second-order valence-corrected chi connectivity index (χ2v) is 6.95. The molecule has 1 aliphatic heterocycles. The molecule has 2 unspecified atom stereocenters. The highest BCUT2D eigenvalue weighted by atomic mass is 16.5. The number of aliphatic hydroxyl groups excluding tert-OH is 1. The van der Waals surface area contributed by atoms with Crippen molar-refractivity contribution in [2.45, 2.75) is 53.6 Å². The highest BCUT2D eigenvalue weighted by molar-refractivity contribution is 5.98. The Hall–Kier alpha value is -1.10. The van der Waals surface area contributed by atoms with Crippen LogP contribution in [-0.4, -0.2) is 47.7 Å². The standard InChI is InChI=1S/C16H29NO4/c1-6-21-15(20)13(16(3,4)5)14(19)17-9-7-12(8-10-17)11(2)18/h11-13,18H,6-10H2,1-5H3. The molecule has 0 aromatic heterocycles. The Bertz CT molecular complexity index is 365. The summed E-state index contributed by atoms with van der Waals surface area (Å²) < 4.78 is 5.08. The van der Waals surface area contributed by atoms with Gasteiger partial charge in [0.2, 0.25) is 5.91 Å². The van der Waals surface area contributed by atoms with Crippen LogP contribution in [0, 0.1) is 17.3 Å². The van der Waals surface area contributed by atoms with Crippen LogP contribution < -0.4 is 0 Å². The van der Waals surface area contributed by atoms with E-state index in [1.807, 2.05) is 20.8 Å². The van der Waals surface area contributed by atoms with Crippen LogP contribution in [0.25, 0.3) is 0 Å². The van der Waals surface area contributed by atoms with E-state index in [1.54, 1.807) is 18.7 Å². The van der Waals surface area contributed by atoms with Gasteiger partial charge in [0.25, 0.3) is 0 Å². The summed E-state index contributed by atoms with van der Waals surface area (Å²) in [5.74, 6) is -1.11. The number of aliphatic hydroxyl groups is 1. The van der Waals surface area contributed by atoms with Crippen molar-refractivity contribution in [3.63, 3.8) is 0 Å². The normalized spacial score (nSPS) is 20.0. The number of likely N-dealkylation sites (tertiary alicyclic amines) is 1. The second kappa shape index (κ2) is 7.25. The molecular formula is C16H29NO4. The minimum atomic E-state index is -0.763. The minimum absolute atomic E-state index is 0.148. The summed E-state index contributed by atoms with van der Waals surface area (Å²) in [7, 11) is 0. The van der Waals surface area contributed by atoms with E-state index in [9.17, 15) is 14.7 Å². The van der Waals surface area contributed by atoms with E-state index in [-0.39, 0.29) is 24.5 Å². The molecule has 0 aromatic carbocycles. The molecule has 1 fully saturated rings. The van der Waals surface area contributed by atoms with E-state index >= 15 is 0 Å². The van der Waals surface area contributed by atoms with Gasteiger partial charge in [-0.1, -0.05) is 20.8 Å². The Labute approximate surface area is 127 Å². The molecule has 0 aliphatic carbocycles. The van der Waals surface area contributed by atoms with Crippen molar-refractivity contribution >= 4 is 11.9 Å². The summed E-state index contributed by atoms with van der Waals surface area (Å²) in [6.45, 7) is 10.7. The molecule has 1 heterocycles. The van der Waals surface area contributed by atoms with Gasteiger partial charge in [0.05, 0.1) is 12.7 Å². The molecule has 0 bridgehead atoms. The van der Waals surface area contributed by atoms with Gasteiger partial charge in [-0.2, -0.15) is 0 Å². The van der Waals surface area contributed by atoms with Gasteiger partial charge in [-0.25, -0.2) is 0 Å². The van der Waals surface area contributed by atoms with Gasteiger partial charge in [0, 0.05) is 13.1 Å². The number of amides is 1. The first-order valence-corrected chi connectivity index (χ1v) is 7.82. The van der Waals surface area contributed by atoms with Crippen LogP contribution in [0.1, 0.15) is 47.5 Å². The van der Waals surface area contributed by atoms with Crippen molar-refractivity contribution in [3.05, 3.63) is 0 Å². The summed E-state index contributed by atoms with van der Waals surface area (Å²) in [5.41, 5.74) is -0.468. The zero-order valence-electron chi connectivity index (χ0n) is 13.9. The predicted octanol–water partition coefficient (Wildman–Crippen LogP) is 1.83. The van der Waals surface area contributed by atoms with E-state index in [1.165, 1.54) is 0 Å². The molecule has 0 saturated carbocycles. The molecular weight excluding hydrogens is 270 g/mol. The first-order chi connectivity index (χ1) is 9.68. The third-order valence-electron chi connectivity index (χ3n) is 4.17. The van der Waals surface area contributed by atoms with E-state index < -0.39 is 17.3 Å². The summed E-state index contributed by atoms with van der Waals surface area (Å²) in [4.78, 5) is 26.6. The molecule has 2 atom stereocenters. The number of hydrogen-bond donors (Lipinski definition) is 1. The molecule has 1 saturated heterocycles. The van der Waals surface area contributed by atoms with Crippen LogP contribution in [0.2, 0.25) is 0 Å². The summed E-state index contributed by atoms with van der Waals surface area (Å²) in [6, 6.07) is 0. The molecule has 122 valence electrons. The van der Waals surface area contributed by atoms with Crippen molar-refractivity contribution in [3.8, 4) is 0 Å². The molecule has 0 spiro atoms. The van der Waals surface area contributed by atoms with E-state index in [0.717, 1.165) is 12.8 Å². The lowest BCUT2D eigenvalue weighted by Gasteiger charge is -2.37. The van der Waals surface area contributed by atoms with Crippen LogP contribution in [0.3, 0.4) is 0 Å². The first kappa shape index (κ1) is 18.0. The molecule has 1 amide bonds. The third-order valence-corrected chi connectivity index (χ3v) is 4.17. The Kier molecular flexibility index (Phi) is 6.20. The molecule has 1 aliphatic rings. The molecule has 0 radical (unpaired) electrons. The monoisotopic (exact) mass is 299 g/mol. The van der Waals surface area contributed by atoms with E-state index in [2.05, 4.69) is 0 Å². The first-order valence-electron chi connectivity index (χ1n) is 7.82. The number of esters is 1. The molecule has 1 rings (SSSR count). The van der Waals surface area contributed by atoms with Gasteiger partial charge < -0.3 is 14.7 Å². The average molecular weight is 299 g/mol. The van der Waals surface area contributed by atoms with Crippen LogP contribution >= 0.6 is 0 Å². The van der Waals surface area contributed by atoms with Crippen LogP contribution in [0.4, 0.5) is 0 Å². The maximum Gasteiger partial charge on any atom is 0.319 e. The summed E-state index contributed by atoms with van der Waals surface area (Å²) in [5, 5.41) is 9.62. The minimum Gasteiger partial charge on any atom is -0.465 e. The number of nitrogens with zero attached hydrogens (tertiary/aromatic N) is 1. The molecule has 1 N–H and O–H groups in total. The second-order valence-electron chi connectivity index (χ2n) is 6.95. The van der Waals surface area contributed by atoms with Crippen molar-refractivity contribution < 1.29 is 19.4 Å². The van der Waals surface area contributed by atoms with Gasteiger partial charge in [-0.15, -0.1) is 0 Å². The smallest absolute Gasteiger partial charge is 0.319 e. The molecule has 5 nitrogen and oxygen atoms in total. The zero-order valence-corrected chi connectivity index (χ0v) is 13.9. The SMILES string of the molecule is CCOC(=O)C(C(=O)N1CCC(C(C)O)CC1)C(C)(C)C. The van der Waals surface area contributed by atoms with Crippen molar-refractivity contribution in [1.82, 2.24) is 4.90 Å². The van der Waals surface area contributed by atoms with Crippen LogP contribution in [0.15, 0.2) is 0 Å². The summed E-state index contributed by atoms with van der Waals surface area (Å²) >= 11 is 0. The Morgan fingerprint density at radius 1 is 1.29 bits per heavy atom.